The van der Waals surface area contributed by atoms with Crippen molar-refractivity contribution in [2.24, 2.45) is 17.3 Å². The highest BCUT2D eigenvalue weighted by molar-refractivity contribution is 6.23. The third kappa shape index (κ3) is 4.34. The molecule has 0 radical (unpaired) electrons. The third-order valence-electron chi connectivity index (χ3n) is 8.17. The first kappa shape index (κ1) is 28.3. The van der Waals surface area contributed by atoms with E-state index in [1.807, 2.05) is 0 Å². The number of fused-ring (bicyclic) bond motifs is 4. The van der Waals surface area contributed by atoms with E-state index in [2.05, 4.69) is 6.58 Å². The van der Waals surface area contributed by atoms with Crippen LogP contribution in [0.4, 0.5) is 0 Å². The Labute approximate surface area is 224 Å². The maximum absolute atomic E-state index is 13.4. The lowest BCUT2D eigenvalue weighted by atomic mass is 9.55. The predicted octanol–water partition coefficient (Wildman–Crippen LogP) is 1.17. The minimum Gasteiger partial charge on any atom is -0.457 e. The number of carbonyl (C=O) groups excluding carboxylic acids is 5. The second-order valence-corrected chi connectivity index (χ2v) is 11.2. The quantitative estimate of drug-likeness (QED) is 0.175. The summed E-state index contributed by atoms with van der Waals surface area (Å²) in [7, 11) is 0. The molecule has 12 heteroatoms. The van der Waals surface area contributed by atoms with Gasteiger partial charge in [-0.25, -0.2) is 4.79 Å². The summed E-state index contributed by atoms with van der Waals surface area (Å²) in [6.07, 6.45) is -1.05. The van der Waals surface area contributed by atoms with Gasteiger partial charge in [0.25, 0.3) is 0 Å². The maximum atomic E-state index is 13.4. The first-order valence-corrected chi connectivity index (χ1v) is 12.7. The number of hydrogen-bond donors (Lipinski definition) is 1. The number of aliphatic hydroxyl groups is 1. The van der Waals surface area contributed by atoms with Crippen LogP contribution in [0.15, 0.2) is 24.3 Å². The molecule has 0 aromatic carbocycles. The molecule has 0 amide bonds. The summed E-state index contributed by atoms with van der Waals surface area (Å²) >= 11 is 6.71. The zero-order valence-corrected chi connectivity index (χ0v) is 22.5. The number of rotatable bonds is 4. The fourth-order valence-electron chi connectivity index (χ4n) is 6.23. The SMILES string of the molecule is C=C1C[C@H]2O[C@@H]2[C@@]2(C)C=CC(=O)[C@@](C)(OC(C)=O)[C@@H]2C(OC(=O)COC(C)=O)[C@]2(O)C(C)C(=O)O[C@H]2[C@H]1Cl. The van der Waals surface area contributed by atoms with Crippen molar-refractivity contribution in [1.29, 1.82) is 0 Å². The van der Waals surface area contributed by atoms with Gasteiger partial charge in [0.15, 0.2) is 29.7 Å². The topological polar surface area (TPSA) is 155 Å². The maximum Gasteiger partial charge on any atom is 0.344 e. The summed E-state index contributed by atoms with van der Waals surface area (Å²) in [4.78, 5) is 62.9. The fraction of sp³-hybridized carbons (Fsp3) is 0.654. The van der Waals surface area contributed by atoms with E-state index < -0.39 is 94.5 Å². The van der Waals surface area contributed by atoms with Gasteiger partial charge in [-0.2, -0.15) is 0 Å². The summed E-state index contributed by atoms with van der Waals surface area (Å²) < 4.78 is 27.7. The number of halogens is 1. The first-order valence-electron chi connectivity index (χ1n) is 12.2. The molecule has 38 heavy (non-hydrogen) atoms. The van der Waals surface area contributed by atoms with Gasteiger partial charge in [0.1, 0.15) is 6.10 Å². The lowest BCUT2D eigenvalue weighted by Crippen LogP contribution is -2.69. The van der Waals surface area contributed by atoms with Crippen LogP contribution in [-0.2, 0) is 47.7 Å². The van der Waals surface area contributed by atoms with Crippen molar-refractivity contribution in [2.75, 3.05) is 6.61 Å². The summed E-state index contributed by atoms with van der Waals surface area (Å²) in [5.41, 5.74) is -5.03. The number of carbonyl (C=O) groups is 5. The standard InChI is InChI=1S/C26H31ClO11/c1-11-9-15-20(35-15)24(5)8-7-16(30)25(6,38-14(4)29)19(24)22(36-17(31)10-34-13(3)28)26(33)12(2)23(32)37-21(26)18(11)27/h7-8,12,15,18-22,33H,1,9-10H2,2-6H3/t12?,15-,18+,19-,20+,21+,22?,24+,25-,26+/m1/s1. The Bertz CT molecular complexity index is 1130. The number of epoxide rings is 1. The highest BCUT2D eigenvalue weighted by Crippen LogP contribution is 2.59. The zero-order valence-electron chi connectivity index (χ0n) is 21.7. The Morgan fingerprint density at radius 3 is 2.45 bits per heavy atom. The van der Waals surface area contributed by atoms with Crippen LogP contribution in [0, 0.1) is 17.3 Å². The minimum absolute atomic E-state index is 0.266. The number of ketones is 1. The summed E-state index contributed by atoms with van der Waals surface area (Å²) in [6, 6.07) is 0. The highest BCUT2D eigenvalue weighted by Gasteiger charge is 2.73. The van der Waals surface area contributed by atoms with Crippen molar-refractivity contribution < 1.29 is 52.8 Å². The van der Waals surface area contributed by atoms with Gasteiger partial charge in [0.05, 0.1) is 29.4 Å². The molecule has 2 aliphatic carbocycles. The van der Waals surface area contributed by atoms with Gasteiger partial charge >= 0.3 is 23.9 Å². The number of ether oxygens (including phenoxy) is 5. The predicted molar refractivity (Wildman–Crippen MR) is 128 cm³/mol. The van der Waals surface area contributed by atoms with Gasteiger partial charge in [0.2, 0.25) is 0 Å². The molecule has 4 rings (SSSR count). The second-order valence-electron chi connectivity index (χ2n) is 10.8. The lowest BCUT2D eigenvalue weighted by molar-refractivity contribution is -0.227. The van der Waals surface area contributed by atoms with E-state index in [4.69, 9.17) is 35.3 Å². The lowest BCUT2D eigenvalue weighted by Gasteiger charge is -2.53. The number of alkyl halides is 1. The van der Waals surface area contributed by atoms with Crippen LogP contribution >= 0.6 is 11.6 Å². The molecule has 2 heterocycles. The smallest absolute Gasteiger partial charge is 0.344 e. The molecule has 0 aromatic heterocycles. The minimum atomic E-state index is -2.32. The van der Waals surface area contributed by atoms with E-state index in [-0.39, 0.29) is 6.42 Å². The van der Waals surface area contributed by atoms with Crippen LogP contribution in [0.25, 0.3) is 0 Å². The molecule has 0 spiro atoms. The number of esters is 4. The van der Waals surface area contributed by atoms with E-state index in [0.29, 0.717) is 5.57 Å². The second kappa shape index (κ2) is 9.46. The third-order valence-corrected chi connectivity index (χ3v) is 8.71. The Morgan fingerprint density at radius 1 is 1.18 bits per heavy atom. The van der Waals surface area contributed by atoms with E-state index in [1.165, 1.54) is 19.9 Å². The van der Waals surface area contributed by atoms with E-state index in [1.54, 1.807) is 13.0 Å². The van der Waals surface area contributed by atoms with Crippen molar-refractivity contribution in [3.05, 3.63) is 24.3 Å². The van der Waals surface area contributed by atoms with E-state index >= 15 is 0 Å². The average molecular weight is 555 g/mol. The van der Waals surface area contributed by atoms with E-state index in [9.17, 15) is 29.1 Å². The van der Waals surface area contributed by atoms with Crippen molar-refractivity contribution in [2.45, 2.75) is 82.0 Å². The van der Waals surface area contributed by atoms with Crippen LogP contribution in [0.3, 0.4) is 0 Å². The van der Waals surface area contributed by atoms with Gasteiger partial charge < -0.3 is 28.8 Å². The zero-order chi connectivity index (χ0) is 28.4. The summed E-state index contributed by atoms with van der Waals surface area (Å²) in [5, 5.41) is 11.3. The van der Waals surface area contributed by atoms with Crippen LogP contribution in [0.2, 0.25) is 0 Å². The Morgan fingerprint density at radius 2 is 1.84 bits per heavy atom. The molecule has 2 unspecified atom stereocenters. The molecular weight excluding hydrogens is 524 g/mol. The van der Waals surface area contributed by atoms with Crippen molar-refractivity contribution in [1.82, 2.24) is 0 Å². The van der Waals surface area contributed by atoms with Gasteiger partial charge in [-0.15, -0.1) is 11.6 Å². The molecule has 2 aliphatic heterocycles. The normalized spacial score (nSPS) is 43.7. The monoisotopic (exact) mass is 554 g/mol. The van der Waals surface area contributed by atoms with Crippen molar-refractivity contribution in [3.8, 4) is 0 Å². The van der Waals surface area contributed by atoms with Gasteiger partial charge in [-0.1, -0.05) is 25.2 Å². The molecule has 11 nitrogen and oxygen atoms in total. The largest absolute Gasteiger partial charge is 0.457 e. The van der Waals surface area contributed by atoms with Crippen molar-refractivity contribution in [3.63, 3.8) is 0 Å². The molecule has 2 saturated heterocycles. The van der Waals surface area contributed by atoms with Crippen LogP contribution in [-0.4, -0.2) is 82.4 Å². The van der Waals surface area contributed by atoms with Crippen LogP contribution in [0.5, 0.6) is 0 Å². The highest BCUT2D eigenvalue weighted by atomic mass is 35.5. The molecule has 3 fully saturated rings. The summed E-state index contributed by atoms with van der Waals surface area (Å²) in [5.74, 6) is -6.65. The van der Waals surface area contributed by atoms with Gasteiger partial charge in [-0.05, 0) is 26.3 Å². The molecule has 0 bridgehead atoms. The van der Waals surface area contributed by atoms with E-state index in [0.717, 1.165) is 13.8 Å². The summed E-state index contributed by atoms with van der Waals surface area (Å²) in [6.45, 7) is 9.87. The Hall–Kier alpha value is -2.76. The molecule has 4 aliphatic rings. The molecule has 208 valence electrons. The van der Waals surface area contributed by atoms with Gasteiger partial charge in [-0.3, -0.25) is 19.2 Å². The first-order chi connectivity index (χ1) is 17.6. The molecule has 1 N–H and O–H groups in total. The molecular formula is C26H31ClO11. The average Bonchev–Trinajstić information content (AvgIpc) is 3.56. The van der Waals surface area contributed by atoms with Crippen molar-refractivity contribution >= 4 is 41.3 Å². The number of hydrogen-bond acceptors (Lipinski definition) is 11. The Balaban J connectivity index is 1.97. The molecule has 1 saturated carbocycles. The molecule has 0 aromatic rings. The van der Waals surface area contributed by atoms with Crippen LogP contribution < -0.4 is 0 Å². The Kier molecular flexibility index (Phi) is 7.03. The fourth-order valence-corrected chi connectivity index (χ4v) is 6.57. The van der Waals surface area contributed by atoms with Gasteiger partial charge in [0, 0.05) is 19.3 Å². The molecule has 10 atom stereocenters. The van der Waals surface area contributed by atoms with Crippen LogP contribution in [0.1, 0.15) is 41.0 Å².